The lowest BCUT2D eigenvalue weighted by Crippen LogP contribution is -1.89. The Morgan fingerprint density at radius 3 is 2.79 bits per heavy atom. The van der Waals surface area contributed by atoms with Gasteiger partial charge in [0.05, 0.1) is 6.20 Å². The predicted octanol–water partition coefficient (Wildman–Crippen LogP) is 1.98. The van der Waals surface area contributed by atoms with E-state index in [0.717, 1.165) is 16.8 Å². The van der Waals surface area contributed by atoms with Crippen molar-refractivity contribution in [3.05, 3.63) is 36.2 Å². The number of nitrogen functional groups attached to an aromatic ring is 1. The molecule has 0 bridgehead atoms. The van der Waals surface area contributed by atoms with Crippen LogP contribution in [0.25, 0.3) is 11.1 Å². The second-order valence-electron chi connectivity index (χ2n) is 3.49. The molecule has 1 heterocycles. The van der Waals surface area contributed by atoms with Gasteiger partial charge < -0.3 is 5.73 Å². The zero-order valence-electron chi connectivity index (χ0n) is 8.36. The van der Waals surface area contributed by atoms with E-state index in [9.17, 15) is 0 Å². The number of benzene rings is 1. The number of rotatable bonds is 1. The largest absolute Gasteiger partial charge is 0.398 e. The van der Waals surface area contributed by atoms with Gasteiger partial charge in [0.2, 0.25) is 0 Å². The lowest BCUT2D eigenvalue weighted by atomic mass is 10.1. The first-order chi connectivity index (χ1) is 6.66. The number of hydrogen-bond acceptors (Lipinski definition) is 2. The van der Waals surface area contributed by atoms with Crippen molar-refractivity contribution in [2.75, 3.05) is 5.73 Å². The Kier molecular flexibility index (Phi) is 2.00. The standard InChI is InChI=1S/C11H13N3/c1-8-3-4-11(12)10(5-8)9-6-13-14(2)7-9/h3-7H,12H2,1-2H3. The van der Waals surface area contributed by atoms with E-state index in [1.807, 2.05) is 31.6 Å². The van der Waals surface area contributed by atoms with E-state index in [1.54, 1.807) is 4.68 Å². The number of anilines is 1. The van der Waals surface area contributed by atoms with Gasteiger partial charge >= 0.3 is 0 Å². The first kappa shape index (κ1) is 8.81. The average molecular weight is 187 g/mol. The minimum atomic E-state index is 0.795. The van der Waals surface area contributed by atoms with E-state index in [0.29, 0.717) is 0 Å². The van der Waals surface area contributed by atoms with Crippen molar-refractivity contribution in [1.82, 2.24) is 9.78 Å². The van der Waals surface area contributed by atoms with Crippen LogP contribution in [0.3, 0.4) is 0 Å². The van der Waals surface area contributed by atoms with Crippen LogP contribution in [0.5, 0.6) is 0 Å². The van der Waals surface area contributed by atoms with Gasteiger partial charge in [0.15, 0.2) is 0 Å². The second-order valence-corrected chi connectivity index (χ2v) is 3.49. The normalized spacial score (nSPS) is 10.4. The zero-order chi connectivity index (χ0) is 10.1. The Balaban J connectivity index is 2.55. The molecule has 1 aromatic heterocycles. The van der Waals surface area contributed by atoms with Crippen molar-refractivity contribution in [3.8, 4) is 11.1 Å². The monoisotopic (exact) mass is 187 g/mol. The summed E-state index contributed by atoms with van der Waals surface area (Å²) in [6.07, 6.45) is 3.79. The molecule has 0 saturated heterocycles. The van der Waals surface area contributed by atoms with Gasteiger partial charge in [-0.15, -0.1) is 0 Å². The van der Waals surface area contributed by atoms with Gasteiger partial charge in [-0.25, -0.2) is 0 Å². The Morgan fingerprint density at radius 1 is 1.36 bits per heavy atom. The predicted molar refractivity (Wildman–Crippen MR) is 57.8 cm³/mol. The molecule has 3 heteroatoms. The maximum absolute atomic E-state index is 5.89. The van der Waals surface area contributed by atoms with Gasteiger partial charge in [-0.3, -0.25) is 4.68 Å². The highest BCUT2D eigenvalue weighted by molar-refractivity contribution is 5.75. The van der Waals surface area contributed by atoms with Crippen molar-refractivity contribution in [3.63, 3.8) is 0 Å². The summed E-state index contributed by atoms with van der Waals surface area (Å²) in [5, 5.41) is 4.12. The molecule has 0 unspecified atom stereocenters. The van der Waals surface area contributed by atoms with Crippen LogP contribution >= 0.6 is 0 Å². The summed E-state index contributed by atoms with van der Waals surface area (Å²) in [6.45, 7) is 2.05. The maximum atomic E-state index is 5.89. The van der Waals surface area contributed by atoms with E-state index in [4.69, 9.17) is 5.73 Å². The van der Waals surface area contributed by atoms with Crippen molar-refractivity contribution in [1.29, 1.82) is 0 Å². The lowest BCUT2D eigenvalue weighted by molar-refractivity contribution is 0.768. The molecule has 3 nitrogen and oxygen atoms in total. The van der Waals surface area contributed by atoms with Gasteiger partial charge in [0.25, 0.3) is 0 Å². The molecule has 2 rings (SSSR count). The first-order valence-corrected chi connectivity index (χ1v) is 4.52. The summed E-state index contributed by atoms with van der Waals surface area (Å²) in [5.41, 5.74) is 10.0. The van der Waals surface area contributed by atoms with Crippen LogP contribution in [0.2, 0.25) is 0 Å². The highest BCUT2D eigenvalue weighted by Crippen LogP contribution is 2.25. The van der Waals surface area contributed by atoms with Gasteiger partial charge in [-0.2, -0.15) is 5.10 Å². The molecule has 0 saturated carbocycles. The van der Waals surface area contributed by atoms with Crippen LogP contribution in [-0.4, -0.2) is 9.78 Å². The molecule has 14 heavy (non-hydrogen) atoms. The van der Waals surface area contributed by atoms with Crippen LogP contribution in [0.15, 0.2) is 30.6 Å². The summed E-state index contributed by atoms with van der Waals surface area (Å²) < 4.78 is 1.77. The molecule has 0 aliphatic heterocycles. The number of nitrogens with two attached hydrogens (primary N) is 1. The second kappa shape index (κ2) is 3.18. The van der Waals surface area contributed by atoms with Crippen LogP contribution in [-0.2, 0) is 7.05 Å². The highest BCUT2D eigenvalue weighted by atomic mass is 15.2. The topological polar surface area (TPSA) is 43.8 Å². The summed E-state index contributed by atoms with van der Waals surface area (Å²) in [5.74, 6) is 0. The number of aryl methyl sites for hydroxylation is 2. The minimum absolute atomic E-state index is 0.795. The maximum Gasteiger partial charge on any atom is 0.0568 e. The number of aromatic nitrogens is 2. The summed E-state index contributed by atoms with van der Waals surface area (Å²) >= 11 is 0. The third-order valence-electron chi connectivity index (χ3n) is 2.22. The van der Waals surface area contributed by atoms with E-state index < -0.39 is 0 Å². The Morgan fingerprint density at radius 2 is 2.14 bits per heavy atom. The molecule has 0 spiro atoms. The quantitative estimate of drug-likeness (QED) is 0.694. The molecule has 2 aromatic rings. The summed E-state index contributed by atoms with van der Waals surface area (Å²) in [6, 6.07) is 6.01. The molecule has 2 N–H and O–H groups in total. The molecule has 1 aromatic carbocycles. The Bertz CT molecular complexity index is 457. The molecule has 0 amide bonds. The van der Waals surface area contributed by atoms with Gasteiger partial charge in [0.1, 0.15) is 0 Å². The van der Waals surface area contributed by atoms with E-state index in [-0.39, 0.29) is 0 Å². The third kappa shape index (κ3) is 1.48. The molecule has 0 atom stereocenters. The molecule has 0 fully saturated rings. The van der Waals surface area contributed by atoms with E-state index in [2.05, 4.69) is 18.1 Å². The van der Waals surface area contributed by atoms with Crippen LogP contribution < -0.4 is 5.73 Å². The van der Waals surface area contributed by atoms with Crippen LogP contribution in [0, 0.1) is 6.92 Å². The van der Waals surface area contributed by atoms with Crippen LogP contribution in [0.4, 0.5) is 5.69 Å². The van der Waals surface area contributed by atoms with Crippen molar-refractivity contribution in [2.45, 2.75) is 6.92 Å². The zero-order valence-corrected chi connectivity index (χ0v) is 8.36. The summed E-state index contributed by atoms with van der Waals surface area (Å²) in [4.78, 5) is 0. The van der Waals surface area contributed by atoms with Crippen LogP contribution in [0.1, 0.15) is 5.56 Å². The minimum Gasteiger partial charge on any atom is -0.398 e. The molecule has 0 aliphatic rings. The Hall–Kier alpha value is -1.77. The van der Waals surface area contributed by atoms with Crippen molar-refractivity contribution < 1.29 is 0 Å². The van der Waals surface area contributed by atoms with Crippen molar-refractivity contribution in [2.24, 2.45) is 7.05 Å². The first-order valence-electron chi connectivity index (χ1n) is 4.52. The molecular formula is C11H13N3. The fourth-order valence-corrected chi connectivity index (χ4v) is 1.48. The fourth-order valence-electron chi connectivity index (χ4n) is 1.48. The molecule has 0 aliphatic carbocycles. The third-order valence-corrected chi connectivity index (χ3v) is 2.22. The molecule has 72 valence electrons. The van der Waals surface area contributed by atoms with Gasteiger partial charge in [-0.1, -0.05) is 11.6 Å². The SMILES string of the molecule is Cc1ccc(N)c(-c2cnn(C)c2)c1. The lowest BCUT2D eigenvalue weighted by Gasteiger charge is -2.03. The highest BCUT2D eigenvalue weighted by Gasteiger charge is 2.04. The smallest absolute Gasteiger partial charge is 0.0568 e. The van der Waals surface area contributed by atoms with Gasteiger partial charge in [0, 0.05) is 30.1 Å². The van der Waals surface area contributed by atoms with E-state index >= 15 is 0 Å². The summed E-state index contributed by atoms with van der Waals surface area (Å²) in [7, 11) is 1.90. The Labute approximate surface area is 83.2 Å². The van der Waals surface area contributed by atoms with E-state index in [1.165, 1.54) is 5.56 Å². The van der Waals surface area contributed by atoms with Crippen molar-refractivity contribution >= 4 is 5.69 Å². The number of nitrogens with zero attached hydrogens (tertiary/aromatic N) is 2. The molecule has 0 radical (unpaired) electrons. The van der Waals surface area contributed by atoms with Gasteiger partial charge in [-0.05, 0) is 19.1 Å². The average Bonchev–Trinajstić information content (AvgIpc) is 2.56. The fraction of sp³-hybridized carbons (Fsp3) is 0.182. The number of hydrogen-bond donors (Lipinski definition) is 1. The molecular weight excluding hydrogens is 174 g/mol.